The normalized spacial score (nSPS) is 37.3. The van der Waals surface area contributed by atoms with Gasteiger partial charge in [-0.3, -0.25) is 0 Å². The fraction of sp³-hybridized carbons (Fsp3) is 0.667. The minimum atomic E-state index is 0.499. The van der Waals surface area contributed by atoms with Crippen LogP contribution in [-0.2, 0) is 0 Å². The van der Waals surface area contributed by atoms with Crippen molar-refractivity contribution >= 4 is 16.8 Å². The number of thioether (sulfide) groups is 1. The standard InChI is InChI=1S/C21H32N4S/c1-4-23-21-19(14-9-7-11-17(14)26-21)20(22)24-15-12-13-8-5-6-10-16(18(13)15)25(2)3/h4,13,15-16,18,24H,1,5-12,22H2,2-3H3/b20-19+,23-21+. The Morgan fingerprint density at radius 2 is 2.08 bits per heavy atom. The van der Waals surface area contributed by atoms with Gasteiger partial charge in [0, 0.05) is 18.3 Å². The lowest BCUT2D eigenvalue weighted by Gasteiger charge is -2.50. The van der Waals surface area contributed by atoms with Crippen LogP contribution in [-0.4, -0.2) is 36.1 Å². The van der Waals surface area contributed by atoms with Gasteiger partial charge in [0.1, 0.15) is 10.9 Å². The Hall–Kier alpha value is -1.20. The van der Waals surface area contributed by atoms with Gasteiger partial charge in [0.25, 0.3) is 0 Å². The molecule has 2 saturated carbocycles. The second kappa shape index (κ2) is 7.43. The van der Waals surface area contributed by atoms with Gasteiger partial charge in [0.2, 0.25) is 0 Å². The fourth-order valence-electron chi connectivity index (χ4n) is 5.49. The van der Waals surface area contributed by atoms with Gasteiger partial charge >= 0.3 is 0 Å². The maximum atomic E-state index is 6.64. The lowest BCUT2D eigenvalue weighted by Crippen LogP contribution is -2.58. The largest absolute Gasteiger partial charge is 0.385 e. The van der Waals surface area contributed by atoms with Crippen molar-refractivity contribution in [3.8, 4) is 0 Å². The summed E-state index contributed by atoms with van der Waals surface area (Å²) >= 11 is 1.80. The lowest BCUT2D eigenvalue weighted by molar-refractivity contribution is 0.0350. The molecule has 4 aliphatic rings. The Morgan fingerprint density at radius 3 is 2.85 bits per heavy atom. The second-order valence-electron chi connectivity index (χ2n) is 8.40. The predicted octanol–water partition coefficient (Wildman–Crippen LogP) is 3.98. The van der Waals surface area contributed by atoms with Crippen molar-refractivity contribution in [3.63, 3.8) is 0 Å². The van der Waals surface area contributed by atoms with Gasteiger partial charge in [-0.15, -0.1) is 0 Å². The van der Waals surface area contributed by atoms with Crippen LogP contribution in [0.1, 0.15) is 51.4 Å². The first-order valence-electron chi connectivity index (χ1n) is 10.1. The number of allylic oxidation sites excluding steroid dienone is 2. The van der Waals surface area contributed by atoms with Crippen LogP contribution in [0.2, 0.25) is 0 Å². The van der Waals surface area contributed by atoms with E-state index in [2.05, 4.69) is 35.9 Å². The van der Waals surface area contributed by atoms with Gasteiger partial charge < -0.3 is 16.0 Å². The summed E-state index contributed by atoms with van der Waals surface area (Å²) in [5, 5.41) is 4.78. The third-order valence-electron chi connectivity index (χ3n) is 6.72. The third-order valence-corrected chi connectivity index (χ3v) is 7.92. The van der Waals surface area contributed by atoms with E-state index in [9.17, 15) is 0 Å². The first-order valence-corrected chi connectivity index (χ1v) is 10.9. The summed E-state index contributed by atoms with van der Waals surface area (Å²) < 4.78 is 0. The van der Waals surface area contributed by atoms with Gasteiger partial charge in [0.05, 0.1) is 5.57 Å². The molecule has 0 aromatic carbocycles. The number of aliphatic imine (C=N–C) groups is 1. The zero-order valence-electron chi connectivity index (χ0n) is 16.1. The zero-order chi connectivity index (χ0) is 18.3. The number of nitrogens with two attached hydrogens (primary N) is 1. The zero-order valence-corrected chi connectivity index (χ0v) is 16.9. The van der Waals surface area contributed by atoms with Crippen LogP contribution in [0.3, 0.4) is 0 Å². The number of rotatable bonds is 4. The molecule has 4 nitrogen and oxygen atoms in total. The van der Waals surface area contributed by atoms with Gasteiger partial charge in [0.15, 0.2) is 0 Å². The summed E-state index contributed by atoms with van der Waals surface area (Å²) in [7, 11) is 4.48. The summed E-state index contributed by atoms with van der Waals surface area (Å²) in [4.78, 5) is 8.42. The quantitative estimate of drug-likeness (QED) is 0.784. The highest BCUT2D eigenvalue weighted by Crippen LogP contribution is 2.49. The molecule has 0 amide bonds. The van der Waals surface area contributed by atoms with Crippen LogP contribution in [0.4, 0.5) is 0 Å². The number of hydrogen-bond acceptors (Lipinski definition) is 5. The van der Waals surface area contributed by atoms with Crippen molar-refractivity contribution in [2.45, 2.75) is 63.5 Å². The summed E-state index contributed by atoms with van der Waals surface area (Å²) in [6.45, 7) is 3.79. The van der Waals surface area contributed by atoms with E-state index in [-0.39, 0.29) is 0 Å². The number of nitrogens with one attached hydrogen (secondary N) is 1. The molecule has 0 aromatic heterocycles. The Bertz CT molecular complexity index is 675. The van der Waals surface area contributed by atoms with E-state index in [1.54, 1.807) is 18.0 Å². The van der Waals surface area contributed by atoms with Gasteiger partial charge in [-0.2, -0.15) is 0 Å². The summed E-state index contributed by atoms with van der Waals surface area (Å²) in [5.41, 5.74) is 9.24. The molecule has 0 radical (unpaired) electrons. The minimum absolute atomic E-state index is 0.499. The number of hydrogen-bond donors (Lipinski definition) is 2. The smallest absolute Gasteiger partial charge is 0.112 e. The number of fused-ring (bicyclic) bond motifs is 1. The van der Waals surface area contributed by atoms with Crippen LogP contribution in [0.5, 0.6) is 0 Å². The van der Waals surface area contributed by atoms with Gasteiger partial charge in [-0.1, -0.05) is 31.2 Å². The van der Waals surface area contributed by atoms with Crippen molar-refractivity contribution in [3.05, 3.63) is 34.7 Å². The van der Waals surface area contributed by atoms with E-state index in [0.717, 1.165) is 29.1 Å². The molecule has 3 aliphatic carbocycles. The van der Waals surface area contributed by atoms with Crippen LogP contribution in [0.25, 0.3) is 0 Å². The molecule has 4 unspecified atom stereocenters. The molecule has 4 rings (SSSR count). The lowest BCUT2D eigenvalue weighted by atomic mass is 9.64. The highest BCUT2D eigenvalue weighted by atomic mass is 32.2. The topological polar surface area (TPSA) is 53.6 Å². The van der Waals surface area contributed by atoms with Crippen molar-refractivity contribution in [1.29, 1.82) is 0 Å². The molecule has 4 atom stereocenters. The van der Waals surface area contributed by atoms with Crippen molar-refractivity contribution in [2.75, 3.05) is 14.1 Å². The molecule has 0 aromatic rings. The Kier molecular flexibility index (Phi) is 5.20. The molecule has 2 fully saturated rings. The van der Waals surface area contributed by atoms with Crippen LogP contribution < -0.4 is 11.1 Å². The molecule has 0 bridgehead atoms. The van der Waals surface area contributed by atoms with Crippen molar-refractivity contribution in [1.82, 2.24) is 10.2 Å². The number of nitrogens with zero attached hydrogens (tertiary/aromatic N) is 2. The van der Waals surface area contributed by atoms with Gasteiger partial charge in [-0.25, -0.2) is 4.99 Å². The Balaban J connectivity index is 1.57. The average molecular weight is 373 g/mol. The average Bonchev–Trinajstić information content (AvgIpc) is 3.10. The fourth-order valence-corrected chi connectivity index (χ4v) is 6.76. The van der Waals surface area contributed by atoms with Crippen molar-refractivity contribution < 1.29 is 0 Å². The molecule has 0 spiro atoms. The maximum absolute atomic E-state index is 6.64. The molecule has 1 heterocycles. The molecule has 0 saturated heterocycles. The summed E-state index contributed by atoms with van der Waals surface area (Å²) in [6.07, 6.45) is 11.9. The predicted molar refractivity (Wildman–Crippen MR) is 112 cm³/mol. The first-order chi connectivity index (χ1) is 12.6. The van der Waals surface area contributed by atoms with E-state index in [1.807, 2.05) is 0 Å². The van der Waals surface area contributed by atoms with E-state index in [0.29, 0.717) is 12.1 Å². The molecule has 1 aliphatic heterocycles. The Labute approximate surface area is 162 Å². The Morgan fingerprint density at radius 1 is 1.27 bits per heavy atom. The second-order valence-corrected chi connectivity index (χ2v) is 9.49. The molecular weight excluding hydrogens is 340 g/mol. The van der Waals surface area contributed by atoms with E-state index in [1.165, 1.54) is 61.0 Å². The van der Waals surface area contributed by atoms with Crippen molar-refractivity contribution in [2.24, 2.45) is 22.6 Å². The third kappa shape index (κ3) is 3.13. The summed E-state index contributed by atoms with van der Waals surface area (Å²) in [6, 6.07) is 1.17. The maximum Gasteiger partial charge on any atom is 0.112 e. The summed E-state index contributed by atoms with van der Waals surface area (Å²) in [5.74, 6) is 2.42. The SMILES string of the molecule is C=C/N=C1/SC2=C(CCC2)/C1=C(/N)NC1CC2CCCCC(N(C)C)C21. The highest BCUT2D eigenvalue weighted by molar-refractivity contribution is 8.18. The van der Waals surface area contributed by atoms with Gasteiger partial charge in [-0.05, 0) is 74.9 Å². The molecule has 26 heavy (non-hydrogen) atoms. The van der Waals surface area contributed by atoms with Crippen LogP contribution in [0, 0.1) is 11.8 Å². The van der Waals surface area contributed by atoms with E-state index >= 15 is 0 Å². The molecular formula is C21H32N4S. The minimum Gasteiger partial charge on any atom is -0.385 e. The van der Waals surface area contributed by atoms with Crippen LogP contribution in [0.15, 0.2) is 39.6 Å². The molecule has 142 valence electrons. The van der Waals surface area contributed by atoms with E-state index in [4.69, 9.17) is 5.73 Å². The van der Waals surface area contributed by atoms with E-state index < -0.39 is 0 Å². The molecule has 5 heteroatoms. The monoisotopic (exact) mass is 372 g/mol. The molecule has 3 N–H and O–H groups in total. The van der Waals surface area contributed by atoms with Crippen LogP contribution >= 0.6 is 11.8 Å². The first kappa shape index (κ1) is 18.2. The highest BCUT2D eigenvalue weighted by Gasteiger charge is 2.47.